The van der Waals surface area contributed by atoms with E-state index in [2.05, 4.69) is 11.1 Å². The van der Waals surface area contributed by atoms with Crippen LogP contribution in [0.2, 0.25) is 0 Å². The molecule has 0 bridgehead atoms. The summed E-state index contributed by atoms with van der Waals surface area (Å²) in [5, 5.41) is 1.13. The second-order valence-corrected chi connectivity index (χ2v) is 7.86. The molecule has 0 unspecified atom stereocenters. The molecule has 6 heteroatoms. The lowest BCUT2D eigenvalue weighted by atomic mass is 9.83. The molecule has 6 nitrogen and oxygen atoms in total. The van der Waals surface area contributed by atoms with E-state index in [0.29, 0.717) is 13.1 Å². The number of piperazine rings is 1. The van der Waals surface area contributed by atoms with Gasteiger partial charge in [0, 0.05) is 29.6 Å². The van der Waals surface area contributed by atoms with Gasteiger partial charge in [-0.25, -0.2) is 0 Å². The van der Waals surface area contributed by atoms with Crippen LogP contribution in [-0.2, 0) is 28.1 Å². The van der Waals surface area contributed by atoms with Crippen LogP contribution in [0.1, 0.15) is 23.7 Å². The monoisotopic (exact) mass is 389 g/mol. The number of aromatic amines is 1. The van der Waals surface area contributed by atoms with E-state index in [1.807, 2.05) is 49.4 Å². The Morgan fingerprint density at radius 2 is 1.86 bits per heavy atom. The van der Waals surface area contributed by atoms with Gasteiger partial charge in [0.1, 0.15) is 12.3 Å². The number of ether oxygens (including phenoxy) is 1. The molecule has 2 aromatic carbocycles. The normalized spacial score (nSPS) is 21.3. The highest BCUT2D eigenvalue weighted by molar-refractivity contribution is 6.00. The maximum atomic E-state index is 13.7. The number of rotatable bonds is 3. The molecule has 0 radical (unpaired) electrons. The molecule has 0 aliphatic carbocycles. The van der Waals surface area contributed by atoms with E-state index in [1.54, 1.807) is 16.9 Å². The third-order valence-electron chi connectivity index (χ3n) is 6.31. The first-order valence-electron chi connectivity index (χ1n) is 9.86. The number of hydrogen-bond acceptors (Lipinski definition) is 3. The van der Waals surface area contributed by atoms with Gasteiger partial charge in [0.25, 0.3) is 5.91 Å². The van der Waals surface area contributed by atoms with Crippen molar-refractivity contribution in [3.63, 3.8) is 0 Å². The van der Waals surface area contributed by atoms with Crippen molar-refractivity contribution in [1.82, 2.24) is 14.8 Å². The van der Waals surface area contributed by atoms with E-state index in [1.165, 1.54) is 0 Å². The maximum Gasteiger partial charge on any atom is 0.255 e. The van der Waals surface area contributed by atoms with Gasteiger partial charge in [0.15, 0.2) is 5.54 Å². The van der Waals surface area contributed by atoms with Gasteiger partial charge in [0.05, 0.1) is 12.8 Å². The number of hydrogen-bond donors (Lipinski definition) is 1. The first kappa shape index (κ1) is 17.8. The van der Waals surface area contributed by atoms with Crippen LogP contribution in [0.15, 0.2) is 48.5 Å². The van der Waals surface area contributed by atoms with Crippen LogP contribution in [-0.4, -0.2) is 46.8 Å². The van der Waals surface area contributed by atoms with Crippen molar-refractivity contribution in [2.75, 3.05) is 20.2 Å². The zero-order valence-electron chi connectivity index (χ0n) is 16.6. The number of methoxy groups -OCH3 is 1. The van der Waals surface area contributed by atoms with Crippen LogP contribution in [0.4, 0.5) is 0 Å². The average Bonchev–Trinajstić information content (AvgIpc) is 3.12. The smallest absolute Gasteiger partial charge is 0.255 e. The molecule has 29 heavy (non-hydrogen) atoms. The lowest BCUT2D eigenvalue weighted by Crippen LogP contribution is -2.66. The van der Waals surface area contributed by atoms with E-state index in [-0.39, 0.29) is 18.4 Å². The number of carbonyl (C=O) groups is 2. The molecule has 1 aromatic heterocycles. The molecule has 1 saturated heterocycles. The van der Waals surface area contributed by atoms with Crippen molar-refractivity contribution >= 4 is 22.7 Å². The largest absolute Gasteiger partial charge is 0.496 e. The minimum Gasteiger partial charge on any atom is -0.496 e. The average molecular weight is 389 g/mol. The molecular formula is C23H23N3O3. The zero-order chi connectivity index (χ0) is 20.2. The summed E-state index contributed by atoms with van der Waals surface area (Å²) in [4.78, 5) is 33.6. The van der Waals surface area contributed by atoms with Gasteiger partial charge in [-0.05, 0) is 31.0 Å². The summed E-state index contributed by atoms with van der Waals surface area (Å²) in [6.07, 6.45) is 0.750. The first-order valence-corrected chi connectivity index (χ1v) is 9.86. The summed E-state index contributed by atoms with van der Waals surface area (Å²) in [7, 11) is 1.61. The number of carbonyl (C=O) groups excluding carboxylic acids is 2. The Balaban J connectivity index is 1.59. The summed E-state index contributed by atoms with van der Waals surface area (Å²) in [5.74, 6) is 0.636. The van der Waals surface area contributed by atoms with E-state index in [4.69, 9.17) is 4.74 Å². The number of para-hydroxylation sites is 2. The van der Waals surface area contributed by atoms with Crippen LogP contribution in [0.5, 0.6) is 5.75 Å². The van der Waals surface area contributed by atoms with E-state index in [9.17, 15) is 9.59 Å². The standard InChI is InChI=1S/C23H23N3O3/c1-23-21-17(16-8-4-5-9-18(16)24-21)11-12-26(23)20(27)14-25(22(23)28)13-15-7-3-6-10-19(15)29-2/h3-10,24H,11-14H2,1-2H3/t23-/m0/s1. The summed E-state index contributed by atoms with van der Waals surface area (Å²) >= 11 is 0. The fourth-order valence-electron chi connectivity index (χ4n) is 4.85. The minimum absolute atomic E-state index is 0.0219. The van der Waals surface area contributed by atoms with Crippen LogP contribution >= 0.6 is 0 Å². The van der Waals surface area contributed by atoms with E-state index < -0.39 is 5.54 Å². The number of aromatic nitrogens is 1. The van der Waals surface area contributed by atoms with Gasteiger partial charge in [-0.15, -0.1) is 0 Å². The molecule has 1 atom stereocenters. The van der Waals surface area contributed by atoms with Crippen molar-refractivity contribution < 1.29 is 14.3 Å². The summed E-state index contributed by atoms with van der Waals surface area (Å²) in [6.45, 7) is 2.85. The van der Waals surface area contributed by atoms with Crippen LogP contribution < -0.4 is 4.74 Å². The first-order chi connectivity index (χ1) is 14.0. The van der Waals surface area contributed by atoms with Crippen molar-refractivity contribution in [3.05, 3.63) is 65.4 Å². The highest BCUT2D eigenvalue weighted by Crippen LogP contribution is 2.42. The molecule has 3 heterocycles. The lowest BCUT2D eigenvalue weighted by Gasteiger charge is -2.49. The Morgan fingerprint density at radius 3 is 2.69 bits per heavy atom. The number of nitrogens with zero attached hydrogens (tertiary/aromatic N) is 2. The predicted octanol–water partition coefficient (Wildman–Crippen LogP) is 2.82. The van der Waals surface area contributed by atoms with E-state index >= 15 is 0 Å². The minimum atomic E-state index is -1.02. The summed E-state index contributed by atoms with van der Waals surface area (Å²) < 4.78 is 5.44. The predicted molar refractivity (Wildman–Crippen MR) is 109 cm³/mol. The summed E-state index contributed by atoms with van der Waals surface area (Å²) in [6, 6.07) is 15.7. The van der Waals surface area contributed by atoms with Crippen molar-refractivity contribution in [2.24, 2.45) is 0 Å². The fraction of sp³-hybridized carbons (Fsp3) is 0.304. The topological polar surface area (TPSA) is 65.6 Å². The second-order valence-electron chi connectivity index (χ2n) is 7.86. The number of amides is 2. The van der Waals surface area contributed by atoms with Gasteiger partial charge in [-0.3, -0.25) is 9.59 Å². The lowest BCUT2D eigenvalue weighted by molar-refractivity contribution is -0.166. The van der Waals surface area contributed by atoms with Crippen LogP contribution in [0.25, 0.3) is 10.9 Å². The van der Waals surface area contributed by atoms with E-state index in [0.717, 1.165) is 39.9 Å². The Morgan fingerprint density at radius 1 is 1.10 bits per heavy atom. The van der Waals surface area contributed by atoms with Gasteiger partial charge < -0.3 is 19.5 Å². The molecule has 0 saturated carbocycles. The molecular weight excluding hydrogens is 366 g/mol. The third-order valence-corrected chi connectivity index (χ3v) is 6.31. The van der Waals surface area contributed by atoms with Gasteiger partial charge in [-0.2, -0.15) is 0 Å². The van der Waals surface area contributed by atoms with Crippen LogP contribution in [0.3, 0.4) is 0 Å². The summed E-state index contributed by atoms with van der Waals surface area (Å²) in [5.41, 5.74) is 2.85. The second kappa shape index (κ2) is 6.37. The highest BCUT2D eigenvalue weighted by Gasteiger charge is 2.54. The molecule has 5 rings (SSSR count). The Kier molecular flexibility index (Phi) is 3.91. The van der Waals surface area contributed by atoms with Crippen LogP contribution in [0, 0.1) is 0 Å². The fourth-order valence-corrected chi connectivity index (χ4v) is 4.85. The molecule has 1 fully saturated rings. The molecule has 2 amide bonds. The number of H-pyrrole nitrogens is 1. The highest BCUT2D eigenvalue weighted by atomic mass is 16.5. The molecule has 148 valence electrons. The molecule has 3 aromatic rings. The number of fused-ring (bicyclic) bond motifs is 5. The third kappa shape index (κ3) is 2.48. The number of benzene rings is 2. The zero-order valence-corrected chi connectivity index (χ0v) is 16.6. The Bertz CT molecular complexity index is 1140. The molecule has 1 N–H and O–H groups in total. The Labute approximate surface area is 169 Å². The quantitative estimate of drug-likeness (QED) is 0.749. The molecule has 2 aliphatic rings. The van der Waals surface area contributed by atoms with Gasteiger partial charge in [0.2, 0.25) is 5.91 Å². The molecule has 2 aliphatic heterocycles. The van der Waals surface area contributed by atoms with Gasteiger partial charge in [-0.1, -0.05) is 36.4 Å². The Hall–Kier alpha value is -3.28. The van der Waals surface area contributed by atoms with Crippen molar-refractivity contribution in [1.29, 1.82) is 0 Å². The SMILES string of the molecule is COc1ccccc1CN1CC(=O)N2CCc3c([nH]c4ccccc34)[C@@]2(C)C1=O. The van der Waals surface area contributed by atoms with Gasteiger partial charge >= 0.3 is 0 Å². The number of nitrogens with one attached hydrogen (secondary N) is 1. The van der Waals surface area contributed by atoms with Crippen molar-refractivity contribution in [3.8, 4) is 5.75 Å². The molecule has 0 spiro atoms. The maximum absolute atomic E-state index is 13.7. The van der Waals surface area contributed by atoms with Crippen molar-refractivity contribution in [2.45, 2.75) is 25.4 Å².